The Bertz CT molecular complexity index is 171. The van der Waals surface area contributed by atoms with Gasteiger partial charge in [-0.2, -0.15) is 19.3 Å². The molecule has 0 saturated carbocycles. The lowest BCUT2D eigenvalue weighted by Gasteiger charge is -1.72. The lowest BCUT2D eigenvalue weighted by atomic mass is 10.5. The maximum absolute atomic E-state index is 11.4. The third-order valence-electron chi connectivity index (χ3n) is 0.389. The number of nitrogens with zero attached hydrogens (tertiary/aromatic N) is 2. The van der Waals surface area contributed by atoms with E-state index in [1.165, 1.54) is 0 Å². The Morgan fingerprint density at radius 3 is 1.38 bits per heavy atom. The van der Waals surface area contributed by atoms with Gasteiger partial charge < -0.3 is 0 Å². The van der Waals surface area contributed by atoms with Crippen molar-refractivity contribution < 1.29 is 8.78 Å². The van der Waals surface area contributed by atoms with E-state index in [9.17, 15) is 8.78 Å². The van der Waals surface area contributed by atoms with Gasteiger partial charge in [0.05, 0.1) is 0 Å². The van der Waals surface area contributed by atoms with Crippen molar-refractivity contribution in [2.75, 3.05) is 0 Å². The lowest BCUT2D eigenvalue weighted by Crippen LogP contribution is -1.69. The molecule has 0 aliphatic heterocycles. The van der Waals surface area contributed by atoms with Crippen LogP contribution in [0.1, 0.15) is 0 Å². The average molecular weight is 114 g/mol. The second kappa shape index (κ2) is 2.70. The van der Waals surface area contributed by atoms with E-state index < -0.39 is 11.7 Å². The van der Waals surface area contributed by atoms with Crippen LogP contribution in [0.5, 0.6) is 0 Å². The zero-order chi connectivity index (χ0) is 6.57. The van der Waals surface area contributed by atoms with Crippen LogP contribution in [0.15, 0.2) is 11.7 Å². The summed E-state index contributed by atoms with van der Waals surface area (Å²) in [5, 5.41) is 15.1. The average Bonchev–Trinajstić information content (AvgIpc) is 1.84. The Balaban J connectivity index is 4.41. The third kappa shape index (κ3) is 1.36. The summed E-state index contributed by atoms with van der Waals surface area (Å²) in [6.07, 6.45) is 0. The monoisotopic (exact) mass is 114 g/mol. The van der Waals surface area contributed by atoms with E-state index in [1.807, 2.05) is 0 Å². The van der Waals surface area contributed by atoms with Crippen molar-refractivity contribution in [3.63, 3.8) is 0 Å². The predicted octanol–water partition coefficient (Wildman–Crippen LogP) is 1.18. The summed E-state index contributed by atoms with van der Waals surface area (Å²) in [5.41, 5.74) is 0. The first-order valence-corrected chi connectivity index (χ1v) is 1.58. The molecular weight excluding hydrogens is 114 g/mol. The fourth-order valence-corrected chi connectivity index (χ4v) is 0.0982. The fraction of sp³-hybridized carbons (Fsp3) is 0. The Labute approximate surface area is 44.3 Å². The predicted molar refractivity (Wildman–Crippen MR) is 20.5 cm³/mol. The summed E-state index contributed by atoms with van der Waals surface area (Å²) in [7, 11) is 0. The van der Waals surface area contributed by atoms with Gasteiger partial charge in [-0.1, -0.05) is 0 Å². The molecule has 0 unspecified atom stereocenters. The number of hydrogen-bond acceptors (Lipinski definition) is 2. The second-order valence-corrected chi connectivity index (χ2v) is 0.852. The highest BCUT2D eigenvalue weighted by molar-refractivity contribution is 5.25. The first-order valence-electron chi connectivity index (χ1n) is 1.58. The first kappa shape index (κ1) is 6.58. The lowest BCUT2D eigenvalue weighted by molar-refractivity contribution is 0.580. The summed E-state index contributed by atoms with van der Waals surface area (Å²) < 4.78 is 22.9. The van der Waals surface area contributed by atoms with Crippen molar-refractivity contribution in [2.45, 2.75) is 0 Å². The van der Waals surface area contributed by atoms with E-state index in [0.29, 0.717) is 0 Å². The number of hydrogen-bond donors (Lipinski definition) is 0. The van der Waals surface area contributed by atoms with Crippen LogP contribution in [0.4, 0.5) is 8.78 Å². The van der Waals surface area contributed by atoms with Crippen molar-refractivity contribution in [1.29, 1.82) is 10.5 Å². The van der Waals surface area contributed by atoms with Gasteiger partial charge >= 0.3 is 0 Å². The quantitative estimate of drug-likeness (QED) is 0.444. The van der Waals surface area contributed by atoms with Crippen LogP contribution in [0.3, 0.4) is 0 Å². The molecule has 0 saturated heterocycles. The van der Waals surface area contributed by atoms with E-state index in [2.05, 4.69) is 0 Å². The molecule has 40 valence electrons. The molecule has 0 rings (SSSR count). The Hall–Kier alpha value is -1.42. The maximum Gasteiger partial charge on any atom is 0.246 e. The molecule has 0 bridgehead atoms. The Morgan fingerprint density at radius 1 is 1.00 bits per heavy atom. The summed E-state index contributed by atoms with van der Waals surface area (Å²) in [4.78, 5) is 0. The van der Waals surface area contributed by atoms with Gasteiger partial charge in [0.25, 0.3) is 0 Å². The number of rotatable bonds is 0. The van der Waals surface area contributed by atoms with Crippen molar-refractivity contribution >= 4 is 0 Å². The van der Waals surface area contributed by atoms with Crippen LogP contribution >= 0.6 is 0 Å². The molecule has 0 heterocycles. The number of halogens is 2. The highest BCUT2D eigenvalue weighted by Crippen LogP contribution is 2.03. The summed E-state index contributed by atoms with van der Waals surface area (Å²) in [6.45, 7) is 0. The molecule has 0 aromatic rings. The molecule has 0 aliphatic rings. The van der Waals surface area contributed by atoms with Gasteiger partial charge in [-0.05, 0) is 0 Å². The van der Waals surface area contributed by atoms with Crippen LogP contribution in [0.25, 0.3) is 0 Å². The number of nitriles is 2. The first-order chi connectivity index (χ1) is 3.72. The Morgan fingerprint density at radius 2 is 1.25 bits per heavy atom. The van der Waals surface area contributed by atoms with Gasteiger partial charge in [-0.25, -0.2) is 0 Å². The normalized spacial score (nSPS) is 11.0. The highest BCUT2D eigenvalue weighted by atomic mass is 19.2. The smallest absolute Gasteiger partial charge is 0.191 e. The van der Waals surface area contributed by atoms with Crippen molar-refractivity contribution in [3.8, 4) is 12.1 Å². The molecule has 8 heavy (non-hydrogen) atoms. The summed E-state index contributed by atoms with van der Waals surface area (Å²) in [6, 6.07) is 1.66. The molecule has 0 fully saturated rings. The summed E-state index contributed by atoms with van der Waals surface area (Å²) in [5.74, 6) is -3.35. The third-order valence-corrected chi connectivity index (χ3v) is 0.389. The minimum Gasteiger partial charge on any atom is -0.191 e. The van der Waals surface area contributed by atoms with E-state index >= 15 is 0 Å². The van der Waals surface area contributed by atoms with Crippen molar-refractivity contribution in [2.24, 2.45) is 0 Å². The molecule has 0 amide bonds. The van der Waals surface area contributed by atoms with Gasteiger partial charge in [0.2, 0.25) is 11.7 Å². The zero-order valence-corrected chi connectivity index (χ0v) is 3.65. The van der Waals surface area contributed by atoms with Gasteiger partial charge in [0, 0.05) is 0 Å². The molecule has 0 aromatic carbocycles. The van der Waals surface area contributed by atoms with Crippen LogP contribution in [0, 0.1) is 22.7 Å². The topological polar surface area (TPSA) is 47.6 Å². The van der Waals surface area contributed by atoms with Gasteiger partial charge in [0.15, 0.2) is 0 Å². The van der Waals surface area contributed by atoms with Gasteiger partial charge in [-0.15, -0.1) is 0 Å². The summed E-state index contributed by atoms with van der Waals surface area (Å²) >= 11 is 0. The molecular formula is C4F2N2. The largest absolute Gasteiger partial charge is 0.246 e. The standard InChI is InChI=1S/C4F2N2/c5-3(1-7)4(6)2-8. The van der Waals surface area contributed by atoms with Crippen LogP contribution in [-0.2, 0) is 0 Å². The van der Waals surface area contributed by atoms with Gasteiger partial charge in [0.1, 0.15) is 12.1 Å². The van der Waals surface area contributed by atoms with Crippen molar-refractivity contribution in [1.82, 2.24) is 0 Å². The van der Waals surface area contributed by atoms with Crippen LogP contribution in [-0.4, -0.2) is 0 Å². The van der Waals surface area contributed by atoms with E-state index in [0.717, 1.165) is 12.1 Å². The number of allylic oxidation sites excluding steroid dienone is 2. The fourth-order valence-electron chi connectivity index (χ4n) is 0.0982. The minimum atomic E-state index is -1.67. The van der Waals surface area contributed by atoms with Crippen molar-refractivity contribution in [3.05, 3.63) is 11.7 Å². The van der Waals surface area contributed by atoms with E-state index in [4.69, 9.17) is 10.5 Å². The van der Waals surface area contributed by atoms with Crippen LogP contribution < -0.4 is 0 Å². The second-order valence-electron chi connectivity index (χ2n) is 0.852. The highest BCUT2D eigenvalue weighted by Gasteiger charge is 2.00. The van der Waals surface area contributed by atoms with Gasteiger partial charge in [-0.3, -0.25) is 0 Å². The molecule has 4 heteroatoms. The van der Waals surface area contributed by atoms with E-state index in [1.54, 1.807) is 0 Å². The molecule has 0 aromatic heterocycles. The molecule has 0 atom stereocenters. The molecule has 0 N–H and O–H groups in total. The van der Waals surface area contributed by atoms with E-state index in [-0.39, 0.29) is 0 Å². The minimum absolute atomic E-state index is 0.831. The zero-order valence-electron chi connectivity index (χ0n) is 3.65. The SMILES string of the molecule is N#CC(F)=C(F)C#N. The molecule has 0 aliphatic carbocycles. The molecule has 2 nitrogen and oxygen atoms in total. The maximum atomic E-state index is 11.4. The molecule has 0 radical (unpaired) electrons. The molecule has 0 spiro atoms. The Kier molecular flexibility index (Phi) is 2.22. The van der Waals surface area contributed by atoms with Crippen LogP contribution in [0.2, 0.25) is 0 Å².